The van der Waals surface area contributed by atoms with E-state index in [4.69, 9.17) is 9.47 Å². The average Bonchev–Trinajstić information content (AvgIpc) is 2.80. The van der Waals surface area contributed by atoms with E-state index in [1.54, 1.807) is 0 Å². The third-order valence-electron chi connectivity index (χ3n) is 3.95. The van der Waals surface area contributed by atoms with E-state index in [0.717, 1.165) is 11.1 Å². The topological polar surface area (TPSA) is 123 Å². The number of hydrogen-bond acceptors (Lipinski definition) is 6. The molecule has 2 rings (SSSR count). The van der Waals surface area contributed by atoms with Gasteiger partial charge in [0.1, 0.15) is 19.8 Å². The van der Waals surface area contributed by atoms with Gasteiger partial charge in [-0.3, -0.25) is 14.4 Å². The van der Waals surface area contributed by atoms with E-state index in [-0.39, 0.29) is 39.3 Å². The number of alkyl carbamates (subject to hydrolysis) is 1. The molecule has 31 heavy (non-hydrogen) atoms. The van der Waals surface area contributed by atoms with Gasteiger partial charge in [0.15, 0.2) is 0 Å². The number of esters is 1. The molecule has 2 aromatic rings. The van der Waals surface area contributed by atoms with Crippen LogP contribution in [0.25, 0.3) is 0 Å². The summed E-state index contributed by atoms with van der Waals surface area (Å²) in [5.41, 5.74) is 1.70. The standard InChI is InChI=1S/C22H25N3O6/c26-19(23-12-11-21(28)30-15-17-7-3-1-4-8-17)13-24-20(27)14-25-22(29)31-16-18-9-5-2-6-10-18/h1-10H,11-16H2,(H,23,26)(H,24,27)(H,25,29). The number of nitrogens with one attached hydrogen (secondary N) is 3. The van der Waals surface area contributed by atoms with Gasteiger partial charge in [0, 0.05) is 6.54 Å². The molecular formula is C22H25N3O6. The van der Waals surface area contributed by atoms with Crippen LogP contribution in [-0.2, 0) is 37.1 Å². The van der Waals surface area contributed by atoms with Crippen molar-refractivity contribution in [2.75, 3.05) is 19.6 Å². The van der Waals surface area contributed by atoms with Crippen LogP contribution in [-0.4, -0.2) is 43.5 Å². The molecule has 0 aromatic heterocycles. The van der Waals surface area contributed by atoms with E-state index in [1.165, 1.54) is 0 Å². The summed E-state index contributed by atoms with van der Waals surface area (Å²) in [7, 11) is 0. The van der Waals surface area contributed by atoms with Crippen molar-refractivity contribution in [3.63, 3.8) is 0 Å². The van der Waals surface area contributed by atoms with Crippen molar-refractivity contribution in [1.82, 2.24) is 16.0 Å². The fourth-order valence-corrected chi connectivity index (χ4v) is 2.34. The lowest BCUT2D eigenvalue weighted by Gasteiger charge is -2.09. The molecule has 0 spiro atoms. The predicted octanol–water partition coefficient (Wildman–Crippen LogP) is 1.28. The molecule has 0 aliphatic carbocycles. The Morgan fingerprint density at radius 2 is 1.16 bits per heavy atom. The molecular weight excluding hydrogens is 402 g/mol. The Labute approximate surface area is 180 Å². The van der Waals surface area contributed by atoms with Crippen LogP contribution in [0.15, 0.2) is 60.7 Å². The monoisotopic (exact) mass is 427 g/mol. The van der Waals surface area contributed by atoms with Crippen molar-refractivity contribution >= 4 is 23.9 Å². The average molecular weight is 427 g/mol. The Morgan fingerprint density at radius 1 is 0.645 bits per heavy atom. The van der Waals surface area contributed by atoms with Crippen LogP contribution in [0, 0.1) is 0 Å². The summed E-state index contributed by atoms with van der Waals surface area (Å²) < 4.78 is 10.1. The molecule has 0 aliphatic rings. The molecule has 0 unspecified atom stereocenters. The van der Waals surface area contributed by atoms with Gasteiger partial charge in [-0.1, -0.05) is 60.7 Å². The molecule has 9 nitrogen and oxygen atoms in total. The summed E-state index contributed by atoms with van der Waals surface area (Å²) in [6, 6.07) is 18.4. The summed E-state index contributed by atoms with van der Waals surface area (Å²) in [4.78, 5) is 46.6. The number of carbonyl (C=O) groups is 4. The SMILES string of the molecule is O=C(CNC(=O)CNC(=O)OCc1ccccc1)NCCC(=O)OCc1ccccc1. The Hall–Kier alpha value is -3.88. The third kappa shape index (κ3) is 10.5. The summed E-state index contributed by atoms with van der Waals surface area (Å²) >= 11 is 0. The Balaban J connectivity index is 1.49. The van der Waals surface area contributed by atoms with Gasteiger partial charge in [-0.25, -0.2) is 4.79 Å². The van der Waals surface area contributed by atoms with E-state index < -0.39 is 23.9 Å². The van der Waals surface area contributed by atoms with E-state index >= 15 is 0 Å². The zero-order chi connectivity index (χ0) is 22.3. The highest BCUT2D eigenvalue weighted by molar-refractivity contribution is 5.87. The molecule has 0 aliphatic heterocycles. The second-order valence-electron chi connectivity index (χ2n) is 6.44. The Kier molecular flexibility index (Phi) is 10.1. The van der Waals surface area contributed by atoms with Gasteiger partial charge in [-0.05, 0) is 11.1 Å². The normalized spacial score (nSPS) is 9.94. The predicted molar refractivity (Wildman–Crippen MR) is 112 cm³/mol. The van der Waals surface area contributed by atoms with Crippen molar-refractivity contribution in [3.8, 4) is 0 Å². The summed E-state index contributed by atoms with van der Waals surface area (Å²) in [6.07, 6.45) is -0.723. The van der Waals surface area contributed by atoms with Gasteiger partial charge in [0.05, 0.1) is 13.0 Å². The molecule has 0 bridgehead atoms. The molecule has 0 heterocycles. The van der Waals surface area contributed by atoms with E-state index in [1.807, 2.05) is 60.7 Å². The molecule has 9 heteroatoms. The van der Waals surface area contributed by atoms with Crippen LogP contribution in [0.1, 0.15) is 17.5 Å². The minimum Gasteiger partial charge on any atom is -0.461 e. The highest BCUT2D eigenvalue weighted by Gasteiger charge is 2.09. The van der Waals surface area contributed by atoms with E-state index in [2.05, 4.69) is 16.0 Å². The first-order valence-electron chi connectivity index (χ1n) is 9.70. The molecule has 164 valence electrons. The van der Waals surface area contributed by atoms with Crippen LogP contribution < -0.4 is 16.0 Å². The van der Waals surface area contributed by atoms with E-state index in [0.29, 0.717) is 0 Å². The number of hydrogen-bond donors (Lipinski definition) is 3. The first-order chi connectivity index (χ1) is 15.0. The minimum absolute atomic E-state index is 0.0152. The maximum Gasteiger partial charge on any atom is 0.407 e. The molecule has 0 atom stereocenters. The molecule has 3 N–H and O–H groups in total. The van der Waals surface area contributed by atoms with Gasteiger partial charge < -0.3 is 25.4 Å². The summed E-state index contributed by atoms with van der Waals surface area (Å²) in [5.74, 6) is -1.45. The third-order valence-corrected chi connectivity index (χ3v) is 3.95. The van der Waals surface area contributed by atoms with Gasteiger partial charge >= 0.3 is 12.1 Å². The van der Waals surface area contributed by atoms with E-state index in [9.17, 15) is 19.2 Å². The molecule has 0 fully saturated rings. The fraction of sp³-hybridized carbons (Fsp3) is 0.273. The molecule has 0 radical (unpaired) electrons. The summed E-state index contributed by atoms with van der Waals surface area (Å²) in [5, 5.41) is 7.16. The van der Waals surface area contributed by atoms with Gasteiger partial charge in [0.2, 0.25) is 11.8 Å². The first-order valence-corrected chi connectivity index (χ1v) is 9.70. The van der Waals surface area contributed by atoms with Crippen LogP contribution in [0.4, 0.5) is 4.79 Å². The highest BCUT2D eigenvalue weighted by atomic mass is 16.5. The fourth-order valence-electron chi connectivity index (χ4n) is 2.34. The van der Waals surface area contributed by atoms with Gasteiger partial charge in [-0.2, -0.15) is 0 Å². The molecule has 0 saturated carbocycles. The maximum atomic E-state index is 11.7. The smallest absolute Gasteiger partial charge is 0.407 e. The number of amides is 3. The second kappa shape index (κ2) is 13.4. The van der Waals surface area contributed by atoms with Gasteiger partial charge in [0.25, 0.3) is 0 Å². The maximum absolute atomic E-state index is 11.7. The van der Waals surface area contributed by atoms with Crippen LogP contribution in [0.2, 0.25) is 0 Å². The summed E-state index contributed by atoms with van der Waals surface area (Å²) in [6.45, 7) is -0.257. The largest absolute Gasteiger partial charge is 0.461 e. The molecule has 3 amide bonds. The van der Waals surface area contributed by atoms with Crippen molar-refractivity contribution < 1.29 is 28.7 Å². The lowest BCUT2D eigenvalue weighted by molar-refractivity contribution is -0.144. The number of carbonyl (C=O) groups excluding carboxylic acids is 4. The van der Waals surface area contributed by atoms with Crippen molar-refractivity contribution in [2.45, 2.75) is 19.6 Å². The quantitative estimate of drug-likeness (QED) is 0.464. The Morgan fingerprint density at radius 3 is 1.77 bits per heavy atom. The van der Waals surface area contributed by atoms with Crippen molar-refractivity contribution in [3.05, 3.63) is 71.8 Å². The highest BCUT2D eigenvalue weighted by Crippen LogP contribution is 2.01. The van der Waals surface area contributed by atoms with Crippen LogP contribution >= 0.6 is 0 Å². The Bertz CT molecular complexity index is 858. The zero-order valence-corrected chi connectivity index (χ0v) is 17.0. The number of rotatable bonds is 11. The van der Waals surface area contributed by atoms with Crippen molar-refractivity contribution in [1.29, 1.82) is 0 Å². The van der Waals surface area contributed by atoms with Crippen molar-refractivity contribution in [2.24, 2.45) is 0 Å². The lowest BCUT2D eigenvalue weighted by Crippen LogP contribution is -2.42. The molecule has 2 aromatic carbocycles. The lowest BCUT2D eigenvalue weighted by atomic mass is 10.2. The molecule has 0 saturated heterocycles. The number of benzene rings is 2. The van der Waals surface area contributed by atoms with Crippen LogP contribution in [0.5, 0.6) is 0 Å². The zero-order valence-electron chi connectivity index (χ0n) is 17.0. The van der Waals surface area contributed by atoms with Crippen LogP contribution in [0.3, 0.4) is 0 Å². The number of ether oxygens (including phenoxy) is 2. The van der Waals surface area contributed by atoms with Gasteiger partial charge in [-0.15, -0.1) is 0 Å². The minimum atomic E-state index is -0.738. The first kappa shape index (κ1) is 23.4. The second-order valence-corrected chi connectivity index (χ2v) is 6.44.